The fourth-order valence-electron chi connectivity index (χ4n) is 2.62. The summed E-state index contributed by atoms with van der Waals surface area (Å²) in [7, 11) is 1.31. The number of hydrogen-bond acceptors (Lipinski definition) is 5. The molecule has 2 rings (SSSR count). The Balaban J connectivity index is 2.32. The number of amides is 1. The zero-order valence-corrected chi connectivity index (χ0v) is 15.8. The first-order chi connectivity index (χ1) is 11.7. The van der Waals surface area contributed by atoms with Gasteiger partial charge in [-0.25, -0.2) is 9.59 Å². The van der Waals surface area contributed by atoms with E-state index in [4.69, 9.17) is 25.8 Å². The molecule has 1 aliphatic heterocycles. The molecule has 0 saturated carbocycles. The van der Waals surface area contributed by atoms with Gasteiger partial charge in [0, 0.05) is 18.2 Å². The van der Waals surface area contributed by atoms with Crippen LogP contribution in [0.1, 0.15) is 49.2 Å². The largest absolute Gasteiger partial charge is 0.465 e. The molecule has 0 aliphatic carbocycles. The fraction of sp³-hybridized carbons (Fsp3) is 0.556. The van der Waals surface area contributed by atoms with Crippen LogP contribution in [0.2, 0.25) is 5.02 Å². The van der Waals surface area contributed by atoms with E-state index in [-0.39, 0.29) is 6.04 Å². The van der Waals surface area contributed by atoms with E-state index in [0.29, 0.717) is 42.3 Å². The van der Waals surface area contributed by atoms with Crippen LogP contribution in [-0.2, 0) is 14.2 Å². The summed E-state index contributed by atoms with van der Waals surface area (Å²) in [4.78, 5) is 25.9. The molecule has 1 aromatic carbocycles. The standard InChI is InChI=1S/C18H24ClNO5/c1-18(2,3)25-17(22)20-8-5-9-24-11-15(20)13-7-6-12(10-14(13)19)16(21)23-4/h6-7,10,15H,5,8-9,11H2,1-4H3. The molecule has 1 heterocycles. The number of esters is 1. The van der Waals surface area contributed by atoms with Crippen molar-refractivity contribution in [1.29, 1.82) is 0 Å². The van der Waals surface area contributed by atoms with Crippen molar-refractivity contribution >= 4 is 23.7 Å². The molecule has 0 radical (unpaired) electrons. The molecule has 0 aromatic heterocycles. The predicted octanol–water partition coefficient (Wildman–Crippen LogP) is 3.83. The highest BCUT2D eigenvalue weighted by atomic mass is 35.5. The summed E-state index contributed by atoms with van der Waals surface area (Å²) in [5, 5.41) is 0.381. The van der Waals surface area contributed by atoms with Crippen molar-refractivity contribution in [3.8, 4) is 0 Å². The zero-order valence-electron chi connectivity index (χ0n) is 15.0. The van der Waals surface area contributed by atoms with Gasteiger partial charge in [0.25, 0.3) is 0 Å². The fourth-order valence-corrected chi connectivity index (χ4v) is 2.92. The highest BCUT2D eigenvalue weighted by Gasteiger charge is 2.32. The number of methoxy groups -OCH3 is 1. The van der Waals surface area contributed by atoms with Crippen LogP contribution in [-0.4, -0.2) is 49.4 Å². The Kier molecular flexibility index (Phi) is 6.30. The van der Waals surface area contributed by atoms with Crippen LogP contribution in [0.4, 0.5) is 4.79 Å². The second kappa shape index (κ2) is 8.06. The van der Waals surface area contributed by atoms with Gasteiger partial charge in [0.05, 0.1) is 25.3 Å². The van der Waals surface area contributed by atoms with E-state index in [1.165, 1.54) is 7.11 Å². The third kappa shape index (κ3) is 5.09. The highest BCUT2D eigenvalue weighted by molar-refractivity contribution is 6.31. The number of carbonyl (C=O) groups is 2. The maximum Gasteiger partial charge on any atom is 0.410 e. The van der Waals surface area contributed by atoms with E-state index in [1.807, 2.05) is 20.8 Å². The Morgan fingerprint density at radius 1 is 1.32 bits per heavy atom. The van der Waals surface area contributed by atoms with Crippen molar-refractivity contribution in [1.82, 2.24) is 4.90 Å². The summed E-state index contributed by atoms with van der Waals surface area (Å²) >= 11 is 6.38. The van der Waals surface area contributed by atoms with Gasteiger partial charge >= 0.3 is 12.1 Å². The number of benzene rings is 1. The van der Waals surface area contributed by atoms with Crippen molar-refractivity contribution in [3.05, 3.63) is 34.3 Å². The second-order valence-corrected chi connectivity index (χ2v) is 7.25. The van der Waals surface area contributed by atoms with Crippen LogP contribution in [0.25, 0.3) is 0 Å². The van der Waals surface area contributed by atoms with Gasteiger partial charge in [0.15, 0.2) is 0 Å². The van der Waals surface area contributed by atoms with Crippen LogP contribution in [0, 0.1) is 0 Å². The molecule has 6 nitrogen and oxygen atoms in total. The number of rotatable bonds is 2. The zero-order chi connectivity index (χ0) is 18.6. The topological polar surface area (TPSA) is 65.1 Å². The van der Waals surface area contributed by atoms with Crippen LogP contribution in [0.3, 0.4) is 0 Å². The van der Waals surface area contributed by atoms with E-state index in [1.54, 1.807) is 23.1 Å². The van der Waals surface area contributed by atoms with E-state index in [0.717, 1.165) is 0 Å². The minimum absolute atomic E-state index is 0.316. The molecular weight excluding hydrogens is 346 g/mol. The second-order valence-electron chi connectivity index (χ2n) is 6.85. The number of nitrogens with zero attached hydrogens (tertiary/aromatic N) is 1. The third-order valence-electron chi connectivity index (χ3n) is 3.75. The summed E-state index contributed by atoms with van der Waals surface area (Å²) in [6, 6.07) is 4.52. The Hall–Kier alpha value is -1.79. The molecule has 25 heavy (non-hydrogen) atoms. The molecule has 0 N–H and O–H groups in total. The van der Waals surface area contributed by atoms with Crippen molar-refractivity contribution in [2.24, 2.45) is 0 Å². The molecule has 1 aliphatic rings. The average Bonchev–Trinajstić information content (AvgIpc) is 2.78. The maximum absolute atomic E-state index is 12.6. The van der Waals surface area contributed by atoms with E-state index in [2.05, 4.69) is 0 Å². The number of ether oxygens (including phenoxy) is 3. The van der Waals surface area contributed by atoms with Gasteiger partial charge in [-0.3, -0.25) is 4.90 Å². The summed E-state index contributed by atoms with van der Waals surface area (Å²) < 4.78 is 15.8. The van der Waals surface area contributed by atoms with Crippen molar-refractivity contribution in [2.45, 2.75) is 38.8 Å². The van der Waals surface area contributed by atoms with E-state index < -0.39 is 17.7 Å². The Bertz CT molecular complexity index is 641. The lowest BCUT2D eigenvalue weighted by atomic mass is 10.0. The Morgan fingerprint density at radius 2 is 2.04 bits per heavy atom. The summed E-state index contributed by atoms with van der Waals surface area (Å²) in [6.45, 7) is 6.87. The predicted molar refractivity (Wildman–Crippen MR) is 93.9 cm³/mol. The van der Waals surface area contributed by atoms with Gasteiger partial charge in [-0.1, -0.05) is 17.7 Å². The number of carbonyl (C=O) groups excluding carboxylic acids is 2. The summed E-state index contributed by atoms with van der Waals surface area (Å²) in [5.41, 5.74) is 0.476. The van der Waals surface area contributed by atoms with Crippen molar-refractivity contribution in [3.63, 3.8) is 0 Å². The van der Waals surface area contributed by atoms with Crippen LogP contribution in [0.15, 0.2) is 18.2 Å². The minimum atomic E-state index is -0.590. The van der Waals surface area contributed by atoms with Crippen LogP contribution < -0.4 is 0 Å². The lowest BCUT2D eigenvalue weighted by Crippen LogP contribution is -2.40. The summed E-state index contributed by atoms with van der Waals surface area (Å²) in [5.74, 6) is -0.463. The van der Waals surface area contributed by atoms with Gasteiger partial charge in [-0.05, 0) is 44.9 Å². The molecule has 1 aromatic rings. The number of hydrogen-bond donors (Lipinski definition) is 0. The van der Waals surface area contributed by atoms with E-state index in [9.17, 15) is 9.59 Å². The average molecular weight is 370 g/mol. The van der Waals surface area contributed by atoms with Gasteiger partial charge in [-0.15, -0.1) is 0 Å². The summed E-state index contributed by atoms with van der Waals surface area (Å²) in [6.07, 6.45) is 0.310. The number of halogens is 1. The minimum Gasteiger partial charge on any atom is -0.465 e. The first-order valence-corrected chi connectivity index (χ1v) is 8.56. The highest BCUT2D eigenvalue weighted by Crippen LogP contribution is 2.31. The molecule has 1 saturated heterocycles. The van der Waals surface area contributed by atoms with Crippen LogP contribution >= 0.6 is 11.6 Å². The lowest BCUT2D eigenvalue weighted by molar-refractivity contribution is 0.0118. The van der Waals surface area contributed by atoms with Gasteiger partial charge < -0.3 is 14.2 Å². The first kappa shape index (κ1) is 19.5. The molecular formula is C18H24ClNO5. The molecule has 0 spiro atoms. The molecule has 1 unspecified atom stereocenters. The Morgan fingerprint density at radius 3 is 2.64 bits per heavy atom. The molecule has 0 bridgehead atoms. The quantitative estimate of drug-likeness (QED) is 0.741. The van der Waals surface area contributed by atoms with Crippen LogP contribution in [0.5, 0.6) is 0 Å². The molecule has 1 fully saturated rings. The van der Waals surface area contributed by atoms with Crippen molar-refractivity contribution < 1.29 is 23.8 Å². The smallest absolute Gasteiger partial charge is 0.410 e. The Labute approximate surface area is 153 Å². The van der Waals surface area contributed by atoms with E-state index >= 15 is 0 Å². The molecule has 1 atom stereocenters. The monoisotopic (exact) mass is 369 g/mol. The third-order valence-corrected chi connectivity index (χ3v) is 4.08. The maximum atomic E-state index is 12.6. The normalized spacial score (nSPS) is 18.4. The SMILES string of the molecule is COC(=O)c1ccc(C2COCCCN2C(=O)OC(C)(C)C)c(Cl)c1. The van der Waals surface area contributed by atoms with Gasteiger partial charge in [0.2, 0.25) is 0 Å². The first-order valence-electron chi connectivity index (χ1n) is 8.18. The molecule has 138 valence electrons. The van der Waals surface area contributed by atoms with Crippen molar-refractivity contribution in [2.75, 3.05) is 26.9 Å². The van der Waals surface area contributed by atoms with Gasteiger partial charge in [0.1, 0.15) is 5.60 Å². The van der Waals surface area contributed by atoms with Gasteiger partial charge in [-0.2, -0.15) is 0 Å². The lowest BCUT2D eigenvalue weighted by Gasteiger charge is -2.32. The molecule has 1 amide bonds. The molecule has 7 heteroatoms.